The van der Waals surface area contributed by atoms with E-state index in [4.69, 9.17) is 0 Å². The molecule has 1 heteroatoms. The molecule has 1 saturated carbocycles. The number of nitrogens with one attached hydrogen (secondary N) is 1. The van der Waals surface area contributed by atoms with Crippen molar-refractivity contribution in [3.63, 3.8) is 0 Å². The minimum atomic E-state index is 0.205. The largest absolute Gasteiger partial charge is 0.383 e. The van der Waals surface area contributed by atoms with E-state index in [1.807, 2.05) is 6.08 Å². The van der Waals surface area contributed by atoms with Gasteiger partial charge in [0, 0.05) is 17.2 Å². The fraction of sp³-hybridized carbons (Fsp3) is 0.440. The van der Waals surface area contributed by atoms with Crippen LogP contribution >= 0.6 is 0 Å². The van der Waals surface area contributed by atoms with E-state index in [0.29, 0.717) is 5.92 Å². The first-order chi connectivity index (χ1) is 12.3. The average Bonchev–Trinajstić information content (AvgIpc) is 2.86. The van der Waals surface area contributed by atoms with Gasteiger partial charge in [0.05, 0.1) is 0 Å². The molecule has 0 spiro atoms. The van der Waals surface area contributed by atoms with Crippen LogP contribution in [-0.2, 0) is 0 Å². The molecule has 1 heterocycles. The van der Waals surface area contributed by atoms with Crippen molar-refractivity contribution in [2.45, 2.75) is 65.8 Å². The molecule has 1 nitrogen and oxygen atoms in total. The van der Waals surface area contributed by atoms with Crippen molar-refractivity contribution >= 4 is 16.7 Å². The van der Waals surface area contributed by atoms with Crippen molar-refractivity contribution < 1.29 is 0 Å². The lowest BCUT2D eigenvalue weighted by molar-refractivity contribution is 0.239. The SMILES string of the molecule is C=C/C(=C/C)c1c(C)ccc(C2=C(C)NC3(C)CCCCC23)c1C(=C)C. The zero-order chi connectivity index (χ0) is 19.1. The summed E-state index contributed by atoms with van der Waals surface area (Å²) in [4.78, 5) is 0. The Morgan fingerprint density at radius 3 is 2.58 bits per heavy atom. The summed E-state index contributed by atoms with van der Waals surface area (Å²) in [6, 6.07) is 4.59. The fourth-order valence-electron chi connectivity index (χ4n) is 5.20. The number of hydrogen-bond acceptors (Lipinski definition) is 1. The van der Waals surface area contributed by atoms with Gasteiger partial charge in [-0.05, 0) is 86.4 Å². The molecule has 1 fully saturated rings. The summed E-state index contributed by atoms with van der Waals surface area (Å²) in [5, 5.41) is 3.85. The number of hydrogen-bond donors (Lipinski definition) is 1. The summed E-state index contributed by atoms with van der Waals surface area (Å²) in [6.45, 7) is 19.5. The Morgan fingerprint density at radius 1 is 1.23 bits per heavy atom. The summed E-state index contributed by atoms with van der Waals surface area (Å²) in [5.74, 6) is 0.586. The first-order valence-electron chi connectivity index (χ1n) is 9.92. The van der Waals surface area contributed by atoms with Crippen LogP contribution in [-0.4, -0.2) is 5.54 Å². The molecule has 0 saturated heterocycles. The molecule has 1 aliphatic carbocycles. The van der Waals surface area contributed by atoms with E-state index in [0.717, 1.165) is 5.57 Å². The molecule has 2 unspecified atom stereocenters. The van der Waals surface area contributed by atoms with E-state index in [-0.39, 0.29) is 5.54 Å². The Kier molecular flexibility index (Phi) is 5.01. The molecule has 138 valence electrons. The third-order valence-corrected chi connectivity index (χ3v) is 6.38. The van der Waals surface area contributed by atoms with E-state index in [1.165, 1.54) is 64.8 Å². The van der Waals surface area contributed by atoms with Crippen LogP contribution in [0.3, 0.4) is 0 Å². The molecule has 0 radical (unpaired) electrons. The fourth-order valence-corrected chi connectivity index (χ4v) is 5.20. The summed E-state index contributed by atoms with van der Waals surface area (Å²) >= 11 is 0. The number of aryl methyl sites for hydroxylation is 1. The number of fused-ring (bicyclic) bond motifs is 1. The summed E-state index contributed by atoms with van der Waals surface area (Å²) in [7, 11) is 0. The molecular weight excluding hydrogens is 314 g/mol. The van der Waals surface area contributed by atoms with E-state index in [1.54, 1.807) is 0 Å². The topological polar surface area (TPSA) is 12.0 Å². The van der Waals surface area contributed by atoms with Crippen LogP contribution in [0.5, 0.6) is 0 Å². The van der Waals surface area contributed by atoms with Crippen molar-refractivity contribution in [1.82, 2.24) is 5.32 Å². The highest BCUT2D eigenvalue weighted by molar-refractivity contribution is 5.91. The molecule has 26 heavy (non-hydrogen) atoms. The number of allylic oxidation sites excluding steroid dienone is 5. The quantitative estimate of drug-likeness (QED) is 0.584. The van der Waals surface area contributed by atoms with Crippen LogP contribution in [0.25, 0.3) is 16.7 Å². The van der Waals surface area contributed by atoms with Gasteiger partial charge in [0.15, 0.2) is 0 Å². The van der Waals surface area contributed by atoms with Crippen molar-refractivity contribution in [1.29, 1.82) is 0 Å². The Hall–Kier alpha value is -2.02. The maximum absolute atomic E-state index is 4.35. The monoisotopic (exact) mass is 347 g/mol. The summed E-state index contributed by atoms with van der Waals surface area (Å²) in [5.41, 5.74) is 10.6. The average molecular weight is 348 g/mol. The third-order valence-electron chi connectivity index (χ3n) is 6.38. The normalized spacial score (nSPS) is 25.7. The third kappa shape index (κ3) is 2.88. The lowest BCUT2D eigenvalue weighted by Gasteiger charge is -2.38. The molecule has 0 amide bonds. The van der Waals surface area contributed by atoms with Gasteiger partial charge in [0.25, 0.3) is 0 Å². The maximum atomic E-state index is 4.35. The predicted molar refractivity (Wildman–Crippen MR) is 116 cm³/mol. The van der Waals surface area contributed by atoms with Gasteiger partial charge in [-0.15, -0.1) is 0 Å². The van der Waals surface area contributed by atoms with Crippen molar-refractivity contribution in [3.05, 3.63) is 65.4 Å². The second-order valence-corrected chi connectivity index (χ2v) is 8.29. The number of benzene rings is 1. The van der Waals surface area contributed by atoms with E-state index < -0.39 is 0 Å². The highest BCUT2D eigenvalue weighted by atomic mass is 15.0. The first-order valence-corrected chi connectivity index (χ1v) is 9.92. The van der Waals surface area contributed by atoms with Crippen LogP contribution in [0.1, 0.15) is 75.6 Å². The smallest absolute Gasteiger partial charge is 0.0411 e. The van der Waals surface area contributed by atoms with Crippen molar-refractivity contribution in [3.8, 4) is 0 Å². The molecule has 3 rings (SSSR count). The molecule has 0 bridgehead atoms. The standard InChI is InChI=1S/C25H33N/c1-8-19(9-2)23-17(5)13-14-20(22(23)16(3)4)24-18(6)26-25(7)15-11-10-12-21(24)25/h8-9,13-14,21,26H,1,3,10-12,15H2,2,4-7H3/b19-9-. The van der Waals surface area contributed by atoms with Gasteiger partial charge < -0.3 is 5.32 Å². The van der Waals surface area contributed by atoms with Crippen LogP contribution in [0.4, 0.5) is 0 Å². The Balaban J connectivity index is 2.26. The van der Waals surface area contributed by atoms with Crippen molar-refractivity contribution in [2.75, 3.05) is 0 Å². The molecule has 2 aliphatic rings. The molecule has 0 aromatic heterocycles. The molecule has 2 atom stereocenters. The zero-order valence-corrected chi connectivity index (χ0v) is 17.1. The van der Waals surface area contributed by atoms with E-state index in [9.17, 15) is 0 Å². The van der Waals surface area contributed by atoms with Gasteiger partial charge >= 0.3 is 0 Å². The molecule has 1 N–H and O–H groups in total. The lowest BCUT2D eigenvalue weighted by Crippen LogP contribution is -2.44. The van der Waals surface area contributed by atoms with Crippen LogP contribution in [0.2, 0.25) is 0 Å². The van der Waals surface area contributed by atoms with Gasteiger partial charge in [-0.3, -0.25) is 0 Å². The van der Waals surface area contributed by atoms with Gasteiger partial charge in [0.2, 0.25) is 0 Å². The summed E-state index contributed by atoms with van der Waals surface area (Å²) < 4.78 is 0. The van der Waals surface area contributed by atoms with Gasteiger partial charge in [-0.2, -0.15) is 0 Å². The van der Waals surface area contributed by atoms with Gasteiger partial charge in [-0.25, -0.2) is 0 Å². The molecule has 1 aromatic carbocycles. The van der Waals surface area contributed by atoms with Crippen LogP contribution < -0.4 is 5.32 Å². The predicted octanol–water partition coefficient (Wildman–Crippen LogP) is 6.90. The van der Waals surface area contributed by atoms with Crippen LogP contribution in [0, 0.1) is 12.8 Å². The lowest BCUT2D eigenvalue weighted by atomic mass is 9.70. The second-order valence-electron chi connectivity index (χ2n) is 8.29. The minimum absolute atomic E-state index is 0.205. The molecule has 1 aromatic rings. The first kappa shape index (κ1) is 18.8. The summed E-state index contributed by atoms with van der Waals surface area (Å²) in [6.07, 6.45) is 9.31. The minimum Gasteiger partial charge on any atom is -0.383 e. The zero-order valence-electron chi connectivity index (χ0n) is 17.1. The van der Waals surface area contributed by atoms with Crippen molar-refractivity contribution in [2.24, 2.45) is 5.92 Å². The Bertz CT molecular complexity index is 821. The maximum Gasteiger partial charge on any atom is 0.0411 e. The van der Waals surface area contributed by atoms with Crippen LogP contribution in [0.15, 0.2) is 43.1 Å². The highest BCUT2D eigenvalue weighted by Crippen LogP contribution is 2.50. The Labute approximate surface area is 159 Å². The van der Waals surface area contributed by atoms with E-state index >= 15 is 0 Å². The molecule has 1 aliphatic heterocycles. The number of rotatable bonds is 4. The van der Waals surface area contributed by atoms with Gasteiger partial charge in [-0.1, -0.05) is 50.3 Å². The van der Waals surface area contributed by atoms with E-state index in [2.05, 4.69) is 71.3 Å². The molecular formula is C25H33N. The Morgan fingerprint density at radius 2 is 1.96 bits per heavy atom. The second kappa shape index (κ2) is 6.95. The highest BCUT2D eigenvalue weighted by Gasteiger charge is 2.44. The van der Waals surface area contributed by atoms with Gasteiger partial charge in [0.1, 0.15) is 0 Å².